The first-order valence-electron chi connectivity index (χ1n) is 6.38. The number of aryl methyl sites for hydroxylation is 3. The highest BCUT2D eigenvalue weighted by Crippen LogP contribution is 2.19. The normalized spacial score (nSPS) is 12.7. The van der Waals surface area contributed by atoms with Crippen molar-refractivity contribution in [3.05, 3.63) is 58.4 Å². The Balaban J connectivity index is 2.28. The average molecular weight is 243 g/mol. The minimum Gasteiger partial charge on any atom is -0.389 e. The zero-order valence-electron chi connectivity index (χ0n) is 11.6. The summed E-state index contributed by atoms with van der Waals surface area (Å²) in [6, 6.07) is 6.42. The number of rotatable bonds is 3. The summed E-state index contributed by atoms with van der Waals surface area (Å²) in [7, 11) is 0. The number of aliphatic hydroxyl groups excluding tert-OH is 1. The van der Waals surface area contributed by atoms with Crippen LogP contribution >= 0.6 is 0 Å². The van der Waals surface area contributed by atoms with Gasteiger partial charge >= 0.3 is 0 Å². The largest absolute Gasteiger partial charge is 0.389 e. The van der Waals surface area contributed by atoms with E-state index in [1.54, 1.807) is 6.92 Å². The van der Waals surface area contributed by atoms with Crippen molar-refractivity contribution in [1.29, 1.82) is 0 Å². The molecule has 0 aliphatic rings. The molecule has 0 radical (unpaired) electrons. The molecular formula is C16H21NO. The van der Waals surface area contributed by atoms with Gasteiger partial charge in [-0.15, -0.1) is 0 Å². The Morgan fingerprint density at radius 3 is 2.28 bits per heavy atom. The molecule has 1 atom stereocenters. The highest BCUT2D eigenvalue weighted by Gasteiger charge is 2.07. The molecule has 0 aliphatic heterocycles. The van der Waals surface area contributed by atoms with Crippen LogP contribution in [0, 0.1) is 20.8 Å². The van der Waals surface area contributed by atoms with Crippen LogP contribution in [0.15, 0.2) is 30.6 Å². The average Bonchev–Trinajstić information content (AvgIpc) is 2.71. The van der Waals surface area contributed by atoms with Crippen molar-refractivity contribution in [1.82, 2.24) is 4.57 Å². The lowest BCUT2D eigenvalue weighted by molar-refractivity contribution is 0.199. The van der Waals surface area contributed by atoms with Gasteiger partial charge in [-0.3, -0.25) is 0 Å². The third-order valence-electron chi connectivity index (χ3n) is 3.44. The van der Waals surface area contributed by atoms with Crippen molar-refractivity contribution in [2.24, 2.45) is 0 Å². The molecule has 96 valence electrons. The summed E-state index contributed by atoms with van der Waals surface area (Å²) < 4.78 is 2.13. The Kier molecular flexibility index (Phi) is 3.58. The number of aromatic nitrogens is 1. The van der Waals surface area contributed by atoms with E-state index >= 15 is 0 Å². The van der Waals surface area contributed by atoms with Crippen LogP contribution in [0.3, 0.4) is 0 Å². The van der Waals surface area contributed by atoms with E-state index in [-0.39, 0.29) is 0 Å². The number of hydrogen-bond donors (Lipinski definition) is 1. The summed E-state index contributed by atoms with van der Waals surface area (Å²) in [5, 5.41) is 9.54. The summed E-state index contributed by atoms with van der Waals surface area (Å²) >= 11 is 0. The van der Waals surface area contributed by atoms with Gasteiger partial charge in [0.1, 0.15) is 0 Å². The fraction of sp³-hybridized carbons (Fsp3) is 0.375. The van der Waals surface area contributed by atoms with E-state index in [4.69, 9.17) is 0 Å². The minimum absolute atomic E-state index is 0.397. The molecule has 0 bridgehead atoms. The summed E-state index contributed by atoms with van der Waals surface area (Å²) in [4.78, 5) is 0. The minimum atomic E-state index is -0.397. The highest BCUT2D eigenvalue weighted by molar-refractivity contribution is 5.37. The van der Waals surface area contributed by atoms with Crippen molar-refractivity contribution < 1.29 is 5.11 Å². The van der Waals surface area contributed by atoms with Crippen LogP contribution in [0.5, 0.6) is 0 Å². The number of benzene rings is 1. The van der Waals surface area contributed by atoms with Gasteiger partial charge in [-0.25, -0.2) is 0 Å². The maximum Gasteiger partial charge on any atom is 0.0776 e. The van der Waals surface area contributed by atoms with Gasteiger partial charge in [0.05, 0.1) is 6.10 Å². The molecule has 0 amide bonds. The summed E-state index contributed by atoms with van der Waals surface area (Å²) in [5.74, 6) is 0. The van der Waals surface area contributed by atoms with E-state index in [0.717, 1.165) is 12.1 Å². The Hall–Kier alpha value is -1.54. The molecular weight excluding hydrogens is 222 g/mol. The van der Waals surface area contributed by atoms with Crippen LogP contribution in [0.25, 0.3) is 0 Å². The van der Waals surface area contributed by atoms with Gasteiger partial charge in [0.15, 0.2) is 0 Å². The molecule has 18 heavy (non-hydrogen) atoms. The first-order valence-corrected chi connectivity index (χ1v) is 6.38. The monoisotopic (exact) mass is 243 g/mol. The molecule has 2 rings (SSSR count). The molecule has 1 N–H and O–H groups in total. The van der Waals surface area contributed by atoms with Crippen LogP contribution in [-0.2, 0) is 6.54 Å². The maximum atomic E-state index is 9.54. The molecule has 1 unspecified atom stereocenters. The lowest BCUT2D eigenvalue weighted by Crippen LogP contribution is -2.02. The molecule has 0 spiro atoms. The van der Waals surface area contributed by atoms with E-state index in [1.165, 1.54) is 22.3 Å². The Labute approximate surface area is 109 Å². The third kappa shape index (κ3) is 2.65. The van der Waals surface area contributed by atoms with Gasteiger partial charge in [-0.1, -0.05) is 17.7 Å². The fourth-order valence-electron chi connectivity index (χ4n) is 2.45. The van der Waals surface area contributed by atoms with E-state index in [1.807, 2.05) is 18.5 Å². The zero-order valence-corrected chi connectivity index (χ0v) is 11.6. The van der Waals surface area contributed by atoms with Crippen molar-refractivity contribution in [3.8, 4) is 0 Å². The quantitative estimate of drug-likeness (QED) is 0.876. The highest BCUT2D eigenvalue weighted by atomic mass is 16.3. The van der Waals surface area contributed by atoms with E-state index < -0.39 is 6.10 Å². The van der Waals surface area contributed by atoms with Gasteiger partial charge in [0, 0.05) is 18.9 Å². The van der Waals surface area contributed by atoms with Crippen LogP contribution in [0.1, 0.15) is 40.8 Å². The van der Waals surface area contributed by atoms with Crippen molar-refractivity contribution in [2.45, 2.75) is 40.3 Å². The van der Waals surface area contributed by atoms with Gasteiger partial charge in [-0.2, -0.15) is 0 Å². The molecule has 0 fully saturated rings. The Bertz CT molecular complexity index is 529. The molecule has 0 aliphatic carbocycles. The van der Waals surface area contributed by atoms with Crippen LogP contribution in [-0.4, -0.2) is 9.67 Å². The second-order valence-electron chi connectivity index (χ2n) is 5.17. The van der Waals surface area contributed by atoms with Gasteiger partial charge in [0.25, 0.3) is 0 Å². The standard InChI is InChI=1S/C16H21NO/c1-11-7-12(2)16(13(3)8-11)10-17-6-5-15(9-17)14(4)18/h5-9,14,18H,10H2,1-4H3. The molecule has 2 aromatic rings. The van der Waals surface area contributed by atoms with Crippen molar-refractivity contribution >= 4 is 0 Å². The summed E-state index contributed by atoms with van der Waals surface area (Å²) in [5.41, 5.74) is 6.32. The number of nitrogens with zero attached hydrogens (tertiary/aromatic N) is 1. The first-order chi connectivity index (χ1) is 8.47. The Morgan fingerprint density at radius 2 is 1.78 bits per heavy atom. The van der Waals surface area contributed by atoms with Gasteiger partial charge < -0.3 is 9.67 Å². The van der Waals surface area contributed by atoms with Crippen LogP contribution in [0.2, 0.25) is 0 Å². The molecule has 0 saturated heterocycles. The smallest absolute Gasteiger partial charge is 0.0776 e. The summed E-state index contributed by atoms with van der Waals surface area (Å²) in [6.45, 7) is 9.11. The maximum absolute atomic E-state index is 9.54. The molecule has 2 nitrogen and oxygen atoms in total. The van der Waals surface area contributed by atoms with Crippen molar-refractivity contribution in [2.75, 3.05) is 0 Å². The Morgan fingerprint density at radius 1 is 1.17 bits per heavy atom. The molecule has 1 aromatic carbocycles. The van der Waals surface area contributed by atoms with Crippen LogP contribution in [0.4, 0.5) is 0 Å². The topological polar surface area (TPSA) is 25.2 Å². The van der Waals surface area contributed by atoms with Gasteiger partial charge in [0.2, 0.25) is 0 Å². The van der Waals surface area contributed by atoms with E-state index in [9.17, 15) is 5.11 Å². The second-order valence-corrected chi connectivity index (χ2v) is 5.17. The number of aliphatic hydroxyl groups is 1. The number of hydrogen-bond acceptors (Lipinski definition) is 1. The fourth-order valence-corrected chi connectivity index (χ4v) is 2.45. The predicted octanol–water partition coefficient (Wildman–Crippen LogP) is 3.51. The molecule has 1 heterocycles. The van der Waals surface area contributed by atoms with Gasteiger partial charge in [-0.05, 0) is 56.0 Å². The van der Waals surface area contributed by atoms with Crippen LogP contribution < -0.4 is 0 Å². The third-order valence-corrected chi connectivity index (χ3v) is 3.44. The first kappa shape index (κ1) is 12.9. The van der Waals surface area contributed by atoms with Crippen molar-refractivity contribution in [3.63, 3.8) is 0 Å². The summed E-state index contributed by atoms with van der Waals surface area (Å²) in [6.07, 6.45) is 3.65. The molecule has 2 heteroatoms. The molecule has 1 aromatic heterocycles. The lowest BCUT2D eigenvalue weighted by Gasteiger charge is -2.12. The zero-order chi connectivity index (χ0) is 13.3. The second kappa shape index (κ2) is 4.99. The van der Waals surface area contributed by atoms with E-state index in [0.29, 0.717) is 0 Å². The molecule has 0 saturated carbocycles. The SMILES string of the molecule is Cc1cc(C)c(Cn2ccc(C(C)O)c2)c(C)c1. The van der Waals surface area contributed by atoms with E-state index in [2.05, 4.69) is 37.5 Å². The predicted molar refractivity (Wildman–Crippen MR) is 74.8 cm³/mol. The lowest BCUT2D eigenvalue weighted by atomic mass is 10.00.